The standard InChI is InChI=1S/C6H6N2/c1-2-5-4-6(5)8-7-3-1/h1-3,5H,4H2. The lowest BCUT2D eigenvalue weighted by atomic mass is 10.4. The molecule has 0 spiro atoms. The van der Waals surface area contributed by atoms with E-state index in [0.717, 1.165) is 6.42 Å². The third-order valence-electron chi connectivity index (χ3n) is 1.38. The lowest BCUT2D eigenvalue weighted by Gasteiger charge is -1.67. The van der Waals surface area contributed by atoms with Gasteiger partial charge in [-0.25, -0.2) is 0 Å². The van der Waals surface area contributed by atoms with E-state index in [2.05, 4.69) is 16.3 Å². The molecule has 0 N–H and O–H groups in total. The Kier molecular flexibility index (Phi) is 0.640. The van der Waals surface area contributed by atoms with Crippen molar-refractivity contribution < 1.29 is 0 Å². The Bertz CT molecular complexity index is 189. The molecule has 1 unspecified atom stereocenters. The molecule has 2 aliphatic rings. The molecule has 0 saturated heterocycles. The van der Waals surface area contributed by atoms with Gasteiger partial charge in [0.1, 0.15) is 0 Å². The van der Waals surface area contributed by atoms with Gasteiger partial charge in [0.15, 0.2) is 0 Å². The third kappa shape index (κ3) is 0.494. The van der Waals surface area contributed by atoms with Crippen molar-refractivity contribution >= 4 is 11.9 Å². The molecule has 8 heavy (non-hydrogen) atoms. The van der Waals surface area contributed by atoms with Gasteiger partial charge in [-0.15, -0.1) is 0 Å². The molecule has 0 amide bonds. The second-order valence-corrected chi connectivity index (χ2v) is 2.05. The molecule has 40 valence electrons. The van der Waals surface area contributed by atoms with Crippen molar-refractivity contribution in [1.82, 2.24) is 0 Å². The largest absolute Gasteiger partial charge is 0.159 e. The predicted octanol–water partition coefficient (Wildman–Crippen LogP) is 1.00. The quantitative estimate of drug-likeness (QED) is 0.440. The van der Waals surface area contributed by atoms with Crippen LogP contribution in [0.3, 0.4) is 0 Å². The van der Waals surface area contributed by atoms with E-state index in [1.165, 1.54) is 5.71 Å². The van der Waals surface area contributed by atoms with Crippen LogP contribution in [0.4, 0.5) is 0 Å². The summed E-state index contributed by atoms with van der Waals surface area (Å²) in [7, 11) is 0. The number of rotatable bonds is 0. The molecule has 1 heterocycles. The molecular weight excluding hydrogens is 100 g/mol. The van der Waals surface area contributed by atoms with Crippen LogP contribution in [0.2, 0.25) is 0 Å². The van der Waals surface area contributed by atoms with Gasteiger partial charge >= 0.3 is 0 Å². The minimum atomic E-state index is 0.637. The Morgan fingerprint density at radius 1 is 1.62 bits per heavy atom. The minimum absolute atomic E-state index is 0.637. The molecule has 2 rings (SSSR count). The summed E-state index contributed by atoms with van der Waals surface area (Å²) in [5, 5.41) is 7.69. The normalized spacial score (nSPS) is 31.0. The predicted molar refractivity (Wildman–Crippen MR) is 33.2 cm³/mol. The fourth-order valence-corrected chi connectivity index (χ4v) is 0.790. The molecule has 0 radical (unpaired) electrons. The Morgan fingerprint density at radius 3 is 3.62 bits per heavy atom. The second-order valence-electron chi connectivity index (χ2n) is 2.05. The molecule has 1 aliphatic carbocycles. The van der Waals surface area contributed by atoms with E-state index >= 15 is 0 Å². The van der Waals surface area contributed by atoms with Gasteiger partial charge in [0.2, 0.25) is 0 Å². The summed E-state index contributed by atoms with van der Waals surface area (Å²) in [6.07, 6.45) is 6.94. The van der Waals surface area contributed by atoms with Crippen molar-refractivity contribution in [3.63, 3.8) is 0 Å². The zero-order chi connectivity index (χ0) is 5.40. The number of allylic oxidation sites excluding steroid dienone is 2. The lowest BCUT2D eigenvalue weighted by Crippen LogP contribution is -1.66. The highest BCUT2D eigenvalue weighted by Crippen LogP contribution is 2.28. The monoisotopic (exact) mass is 106 g/mol. The van der Waals surface area contributed by atoms with E-state index in [1.807, 2.05) is 6.08 Å². The highest BCUT2D eigenvalue weighted by atomic mass is 15.2. The van der Waals surface area contributed by atoms with Crippen molar-refractivity contribution in [1.29, 1.82) is 0 Å². The number of hydrogen-bond acceptors (Lipinski definition) is 2. The van der Waals surface area contributed by atoms with E-state index in [1.54, 1.807) is 6.21 Å². The Balaban J connectivity index is 2.35. The first-order chi connectivity index (χ1) is 3.97. The summed E-state index contributed by atoms with van der Waals surface area (Å²) in [5.41, 5.74) is 1.23. The maximum Gasteiger partial charge on any atom is 0.0492 e. The van der Waals surface area contributed by atoms with Crippen LogP contribution in [0.1, 0.15) is 6.42 Å². The fourth-order valence-electron chi connectivity index (χ4n) is 0.790. The Hall–Kier alpha value is -0.920. The van der Waals surface area contributed by atoms with Crippen molar-refractivity contribution in [3.8, 4) is 0 Å². The van der Waals surface area contributed by atoms with E-state index in [-0.39, 0.29) is 0 Å². The van der Waals surface area contributed by atoms with Crippen LogP contribution in [0.15, 0.2) is 22.4 Å². The van der Waals surface area contributed by atoms with E-state index in [4.69, 9.17) is 0 Å². The number of fused-ring (bicyclic) bond motifs is 1. The first kappa shape index (κ1) is 4.01. The average Bonchev–Trinajstić information content (AvgIpc) is 2.36. The highest BCUT2D eigenvalue weighted by molar-refractivity contribution is 6.03. The third-order valence-corrected chi connectivity index (χ3v) is 1.38. The van der Waals surface area contributed by atoms with Crippen molar-refractivity contribution in [2.45, 2.75) is 6.42 Å². The molecule has 2 nitrogen and oxygen atoms in total. The SMILES string of the molecule is C1=CC2CC2=NN=C1. The van der Waals surface area contributed by atoms with Gasteiger partial charge in [0.25, 0.3) is 0 Å². The van der Waals surface area contributed by atoms with E-state index in [0.29, 0.717) is 5.92 Å². The van der Waals surface area contributed by atoms with Gasteiger partial charge in [-0.2, -0.15) is 10.2 Å². The Labute approximate surface area is 47.6 Å². The van der Waals surface area contributed by atoms with Gasteiger partial charge in [0, 0.05) is 17.8 Å². The van der Waals surface area contributed by atoms with Gasteiger partial charge < -0.3 is 0 Å². The topological polar surface area (TPSA) is 24.7 Å². The summed E-state index contributed by atoms with van der Waals surface area (Å²) in [6.45, 7) is 0. The maximum absolute atomic E-state index is 3.92. The molecule has 0 bridgehead atoms. The van der Waals surface area contributed by atoms with Crippen LogP contribution in [0.25, 0.3) is 0 Å². The zero-order valence-electron chi connectivity index (χ0n) is 4.41. The van der Waals surface area contributed by atoms with Crippen molar-refractivity contribution in [2.24, 2.45) is 16.1 Å². The summed E-state index contributed by atoms with van der Waals surface area (Å²) in [4.78, 5) is 0. The van der Waals surface area contributed by atoms with Crippen LogP contribution < -0.4 is 0 Å². The Morgan fingerprint density at radius 2 is 2.62 bits per heavy atom. The van der Waals surface area contributed by atoms with Crippen LogP contribution >= 0.6 is 0 Å². The first-order valence-corrected chi connectivity index (χ1v) is 2.73. The summed E-state index contributed by atoms with van der Waals surface area (Å²) in [5.74, 6) is 0.637. The van der Waals surface area contributed by atoms with E-state index in [9.17, 15) is 0 Å². The van der Waals surface area contributed by atoms with Crippen LogP contribution in [-0.4, -0.2) is 11.9 Å². The van der Waals surface area contributed by atoms with Crippen LogP contribution in [-0.2, 0) is 0 Å². The van der Waals surface area contributed by atoms with Crippen molar-refractivity contribution in [3.05, 3.63) is 12.2 Å². The summed E-state index contributed by atoms with van der Waals surface area (Å²) < 4.78 is 0. The van der Waals surface area contributed by atoms with Gasteiger partial charge in [-0.05, 0) is 12.5 Å². The van der Waals surface area contributed by atoms with Crippen LogP contribution in [0, 0.1) is 5.92 Å². The first-order valence-electron chi connectivity index (χ1n) is 2.73. The van der Waals surface area contributed by atoms with Gasteiger partial charge in [-0.1, -0.05) is 6.08 Å². The molecule has 0 aromatic carbocycles. The molecule has 1 atom stereocenters. The fraction of sp³-hybridized carbons (Fsp3) is 0.333. The second kappa shape index (κ2) is 1.28. The lowest BCUT2D eigenvalue weighted by molar-refractivity contribution is 1.18. The summed E-state index contributed by atoms with van der Waals surface area (Å²) in [6, 6.07) is 0. The van der Waals surface area contributed by atoms with Gasteiger partial charge in [-0.3, -0.25) is 0 Å². The molecular formula is C6H6N2. The molecule has 0 aromatic heterocycles. The maximum atomic E-state index is 3.92. The average molecular weight is 106 g/mol. The summed E-state index contributed by atoms with van der Waals surface area (Å²) >= 11 is 0. The molecule has 1 aliphatic heterocycles. The number of hydrogen-bond donors (Lipinski definition) is 0. The van der Waals surface area contributed by atoms with E-state index < -0.39 is 0 Å². The molecule has 1 fully saturated rings. The van der Waals surface area contributed by atoms with Crippen LogP contribution in [0.5, 0.6) is 0 Å². The number of nitrogens with zero attached hydrogens (tertiary/aromatic N) is 2. The molecule has 0 aromatic rings. The highest BCUT2D eigenvalue weighted by Gasteiger charge is 2.29. The minimum Gasteiger partial charge on any atom is -0.159 e. The molecule has 1 saturated carbocycles. The van der Waals surface area contributed by atoms with Crippen molar-refractivity contribution in [2.75, 3.05) is 0 Å². The smallest absolute Gasteiger partial charge is 0.0492 e. The molecule has 2 heteroatoms. The van der Waals surface area contributed by atoms with Gasteiger partial charge in [0.05, 0.1) is 0 Å². The zero-order valence-corrected chi connectivity index (χ0v) is 4.41.